The lowest BCUT2D eigenvalue weighted by Crippen LogP contribution is -2.37. The van der Waals surface area contributed by atoms with Gasteiger partial charge in [0.1, 0.15) is 5.82 Å². The van der Waals surface area contributed by atoms with Crippen LogP contribution >= 0.6 is 11.8 Å². The predicted octanol–water partition coefficient (Wildman–Crippen LogP) is 1.83. The van der Waals surface area contributed by atoms with Crippen molar-refractivity contribution < 1.29 is 9.13 Å². The molecule has 0 saturated carbocycles. The molecule has 3 nitrogen and oxygen atoms in total. The van der Waals surface area contributed by atoms with Gasteiger partial charge in [0.2, 0.25) is 0 Å². The first-order valence-electron chi connectivity index (χ1n) is 5.73. The van der Waals surface area contributed by atoms with Crippen LogP contribution in [0.2, 0.25) is 0 Å². The smallest absolute Gasteiger partial charge is 0.126 e. The second kappa shape index (κ2) is 6.23. The van der Waals surface area contributed by atoms with Gasteiger partial charge in [-0.15, -0.1) is 11.8 Å². The minimum atomic E-state index is -0.265. The number of nitrogens with zero attached hydrogens (tertiary/aromatic N) is 1. The minimum absolute atomic E-state index is 0.265. The molecule has 2 N–H and O–H groups in total. The van der Waals surface area contributed by atoms with Gasteiger partial charge in [-0.2, -0.15) is 0 Å². The van der Waals surface area contributed by atoms with Crippen molar-refractivity contribution in [2.75, 3.05) is 44.3 Å². The average Bonchev–Trinajstić information content (AvgIpc) is 2.29. The molecule has 2 rings (SSSR count). The Labute approximate surface area is 105 Å². The molecule has 0 atom stereocenters. The van der Waals surface area contributed by atoms with Crippen LogP contribution in [0.25, 0.3) is 0 Å². The third-order valence-corrected chi connectivity index (χ3v) is 3.63. The first kappa shape index (κ1) is 12.7. The van der Waals surface area contributed by atoms with E-state index < -0.39 is 0 Å². The van der Waals surface area contributed by atoms with Crippen LogP contribution in [0, 0.1) is 5.82 Å². The number of anilines is 1. The van der Waals surface area contributed by atoms with Crippen molar-refractivity contribution in [3.8, 4) is 0 Å². The maximum absolute atomic E-state index is 13.1. The largest absolute Gasteiger partial charge is 0.399 e. The maximum atomic E-state index is 13.1. The highest BCUT2D eigenvalue weighted by atomic mass is 32.2. The van der Waals surface area contributed by atoms with Crippen molar-refractivity contribution in [1.29, 1.82) is 0 Å². The summed E-state index contributed by atoms with van der Waals surface area (Å²) in [7, 11) is 0. The molecule has 1 aromatic carbocycles. The van der Waals surface area contributed by atoms with Crippen molar-refractivity contribution in [3.63, 3.8) is 0 Å². The zero-order chi connectivity index (χ0) is 12.1. The number of morpholine rings is 1. The molecule has 1 heterocycles. The van der Waals surface area contributed by atoms with Gasteiger partial charge in [0, 0.05) is 36.0 Å². The Morgan fingerprint density at radius 1 is 1.29 bits per heavy atom. The van der Waals surface area contributed by atoms with E-state index in [1.165, 1.54) is 12.1 Å². The summed E-state index contributed by atoms with van der Waals surface area (Å²) in [4.78, 5) is 3.26. The van der Waals surface area contributed by atoms with Gasteiger partial charge in [-0.3, -0.25) is 4.90 Å². The van der Waals surface area contributed by atoms with E-state index in [4.69, 9.17) is 10.5 Å². The summed E-state index contributed by atoms with van der Waals surface area (Å²) in [6.07, 6.45) is 0. The number of nitrogens with two attached hydrogens (primary N) is 1. The second-order valence-corrected chi connectivity index (χ2v) is 5.19. The van der Waals surface area contributed by atoms with Gasteiger partial charge in [-0.25, -0.2) is 4.39 Å². The predicted molar refractivity (Wildman–Crippen MR) is 68.8 cm³/mol. The van der Waals surface area contributed by atoms with E-state index in [0.29, 0.717) is 5.69 Å². The molecular weight excluding hydrogens is 239 g/mol. The van der Waals surface area contributed by atoms with Crippen molar-refractivity contribution in [2.24, 2.45) is 0 Å². The van der Waals surface area contributed by atoms with Crippen LogP contribution in [0.4, 0.5) is 10.1 Å². The zero-order valence-corrected chi connectivity index (χ0v) is 10.5. The van der Waals surface area contributed by atoms with Gasteiger partial charge in [0.25, 0.3) is 0 Å². The molecule has 0 spiro atoms. The molecule has 0 amide bonds. The molecule has 1 aliphatic heterocycles. The Kier molecular flexibility index (Phi) is 4.65. The highest BCUT2D eigenvalue weighted by Gasteiger charge is 2.09. The number of thioether (sulfide) groups is 1. The number of rotatable bonds is 4. The van der Waals surface area contributed by atoms with Crippen molar-refractivity contribution in [1.82, 2.24) is 4.90 Å². The van der Waals surface area contributed by atoms with Crippen molar-refractivity contribution in [3.05, 3.63) is 24.0 Å². The molecule has 0 bridgehead atoms. The first-order chi connectivity index (χ1) is 8.24. The van der Waals surface area contributed by atoms with Crippen LogP contribution in [-0.2, 0) is 4.74 Å². The number of ether oxygens (including phenoxy) is 1. The molecule has 1 fully saturated rings. The fourth-order valence-corrected chi connectivity index (χ4v) is 2.79. The second-order valence-electron chi connectivity index (χ2n) is 4.02. The van der Waals surface area contributed by atoms with Gasteiger partial charge in [-0.1, -0.05) is 0 Å². The van der Waals surface area contributed by atoms with Crippen LogP contribution in [0.15, 0.2) is 23.1 Å². The zero-order valence-electron chi connectivity index (χ0n) is 9.69. The van der Waals surface area contributed by atoms with E-state index in [0.717, 1.165) is 43.5 Å². The van der Waals surface area contributed by atoms with Crippen LogP contribution < -0.4 is 5.73 Å². The van der Waals surface area contributed by atoms with Crippen LogP contribution in [-0.4, -0.2) is 43.5 Å². The standard InChI is InChI=1S/C12H17FN2OS/c13-10-7-11(14)9-12(8-10)17-6-3-15-1-4-16-5-2-15/h7-9H,1-6,14H2. The molecule has 0 unspecified atom stereocenters. The van der Waals surface area contributed by atoms with E-state index in [1.807, 2.05) is 6.07 Å². The molecule has 1 aliphatic rings. The fourth-order valence-electron chi connectivity index (χ4n) is 1.79. The Balaban J connectivity index is 1.77. The van der Waals surface area contributed by atoms with E-state index in [2.05, 4.69) is 4.90 Å². The fraction of sp³-hybridized carbons (Fsp3) is 0.500. The lowest BCUT2D eigenvalue weighted by atomic mass is 10.3. The number of nitrogen functional groups attached to an aromatic ring is 1. The van der Waals surface area contributed by atoms with Crippen LogP contribution in [0.1, 0.15) is 0 Å². The van der Waals surface area contributed by atoms with E-state index >= 15 is 0 Å². The Morgan fingerprint density at radius 2 is 2.06 bits per heavy atom. The number of halogens is 1. The van der Waals surface area contributed by atoms with Gasteiger partial charge in [-0.05, 0) is 18.2 Å². The van der Waals surface area contributed by atoms with Crippen molar-refractivity contribution in [2.45, 2.75) is 4.90 Å². The molecule has 5 heteroatoms. The average molecular weight is 256 g/mol. The molecule has 0 radical (unpaired) electrons. The SMILES string of the molecule is Nc1cc(F)cc(SCCN2CCOCC2)c1. The summed E-state index contributed by atoms with van der Waals surface area (Å²) in [5, 5.41) is 0. The number of hydrogen-bond acceptors (Lipinski definition) is 4. The van der Waals surface area contributed by atoms with Gasteiger partial charge in [0.05, 0.1) is 13.2 Å². The lowest BCUT2D eigenvalue weighted by molar-refractivity contribution is 0.0410. The first-order valence-corrected chi connectivity index (χ1v) is 6.71. The normalized spacial score (nSPS) is 17.2. The van der Waals surface area contributed by atoms with Crippen molar-refractivity contribution >= 4 is 17.4 Å². The summed E-state index contributed by atoms with van der Waals surface area (Å²) in [5.41, 5.74) is 6.08. The van der Waals surface area contributed by atoms with E-state index in [-0.39, 0.29) is 5.82 Å². The molecule has 0 aliphatic carbocycles. The highest BCUT2D eigenvalue weighted by molar-refractivity contribution is 7.99. The van der Waals surface area contributed by atoms with Crippen LogP contribution in [0.5, 0.6) is 0 Å². The maximum Gasteiger partial charge on any atom is 0.126 e. The van der Waals surface area contributed by atoms with E-state index in [1.54, 1.807) is 11.8 Å². The Morgan fingerprint density at radius 3 is 2.76 bits per heavy atom. The number of hydrogen-bond donors (Lipinski definition) is 1. The summed E-state index contributed by atoms with van der Waals surface area (Å²) < 4.78 is 18.4. The third kappa shape index (κ3) is 4.18. The molecule has 94 valence electrons. The monoisotopic (exact) mass is 256 g/mol. The minimum Gasteiger partial charge on any atom is -0.399 e. The molecule has 17 heavy (non-hydrogen) atoms. The highest BCUT2D eigenvalue weighted by Crippen LogP contribution is 2.22. The lowest BCUT2D eigenvalue weighted by Gasteiger charge is -2.26. The topological polar surface area (TPSA) is 38.5 Å². The molecule has 0 aromatic heterocycles. The van der Waals surface area contributed by atoms with Crippen LogP contribution in [0.3, 0.4) is 0 Å². The summed E-state index contributed by atoms with van der Waals surface area (Å²) in [6, 6.07) is 4.68. The summed E-state index contributed by atoms with van der Waals surface area (Å²) >= 11 is 1.64. The van der Waals surface area contributed by atoms with Gasteiger partial charge < -0.3 is 10.5 Å². The summed E-state index contributed by atoms with van der Waals surface area (Å²) in [6.45, 7) is 4.62. The number of benzene rings is 1. The molecular formula is C12H17FN2OS. The molecule has 1 saturated heterocycles. The Hall–Kier alpha value is -0.780. The van der Waals surface area contributed by atoms with Gasteiger partial charge in [0.15, 0.2) is 0 Å². The quantitative estimate of drug-likeness (QED) is 0.659. The summed E-state index contributed by atoms with van der Waals surface area (Å²) in [5.74, 6) is 0.682. The van der Waals surface area contributed by atoms with Gasteiger partial charge >= 0.3 is 0 Å². The van der Waals surface area contributed by atoms with E-state index in [9.17, 15) is 4.39 Å². The third-order valence-electron chi connectivity index (χ3n) is 2.67. The Bertz CT molecular complexity index is 349. The molecule has 1 aromatic rings.